The lowest BCUT2D eigenvalue weighted by Gasteiger charge is -2.06. The van der Waals surface area contributed by atoms with Gasteiger partial charge in [-0.25, -0.2) is 0 Å². The molecule has 100 valence electrons. The van der Waals surface area contributed by atoms with Gasteiger partial charge in [-0.05, 0) is 30.5 Å². The highest BCUT2D eigenvalue weighted by molar-refractivity contribution is 5.67. The molecule has 0 fully saturated rings. The largest absolute Gasteiger partial charge is 0.481 e. The third kappa shape index (κ3) is 6.28. The van der Waals surface area contributed by atoms with Crippen molar-refractivity contribution < 1.29 is 9.90 Å². The number of benzene rings is 1. The number of carbonyl (C=O) groups is 1. The zero-order valence-electron chi connectivity index (χ0n) is 11.1. The summed E-state index contributed by atoms with van der Waals surface area (Å²) in [6.07, 6.45) is 6.42. The average molecular weight is 249 g/mol. The first-order valence-corrected chi connectivity index (χ1v) is 6.77. The molecule has 0 saturated carbocycles. The molecule has 3 heteroatoms. The first kappa shape index (κ1) is 14.6. The minimum atomic E-state index is -0.768. The Morgan fingerprint density at radius 3 is 2.50 bits per heavy atom. The van der Waals surface area contributed by atoms with Gasteiger partial charge in [-0.15, -0.1) is 0 Å². The third-order valence-electron chi connectivity index (χ3n) is 2.94. The lowest BCUT2D eigenvalue weighted by molar-refractivity contribution is -0.136. The van der Waals surface area contributed by atoms with Crippen molar-refractivity contribution in [3.05, 3.63) is 29.8 Å². The summed E-state index contributed by atoms with van der Waals surface area (Å²) < 4.78 is 0. The highest BCUT2D eigenvalue weighted by atomic mass is 16.4. The molecule has 3 nitrogen and oxygen atoms in total. The van der Waals surface area contributed by atoms with E-state index in [1.165, 1.54) is 31.2 Å². The molecule has 0 aromatic heterocycles. The third-order valence-corrected chi connectivity index (χ3v) is 2.94. The number of anilines is 1. The Hall–Kier alpha value is -1.51. The Labute approximate surface area is 109 Å². The summed E-state index contributed by atoms with van der Waals surface area (Å²) in [6, 6.07) is 8.29. The molecular formula is C15H23NO2. The Morgan fingerprint density at radius 2 is 1.89 bits per heavy atom. The molecular weight excluding hydrogens is 226 g/mol. The number of aryl methyl sites for hydroxylation is 1. The van der Waals surface area contributed by atoms with Gasteiger partial charge < -0.3 is 10.4 Å². The summed E-state index contributed by atoms with van der Waals surface area (Å²) in [7, 11) is 0. The van der Waals surface area contributed by atoms with Crippen LogP contribution < -0.4 is 5.32 Å². The second-order valence-electron chi connectivity index (χ2n) is 4.58. The Balaban J connectivity index is 2.26. The van der Waals surface area contributed by atoms with Crippen molar-refractivity contribution in [2.24, 2.45) is 0 Å². The molecule has 0 spiro atoms. The molecule has 0 aliphatic carbocycles. The zero-order chi connectivity index (χ0) is 13.2. The predicted molar refractivity (Wildman–Crippen MR) is 75.0 cm³/mol. The number of hydrogen-bond donors (Lipinski definition) is 2. The summed E-state index contributed by atoms with van der Waals surface area (Å²) in [5.74, 6) is -0.768. The molecule has 0 bridgehead atoms. The Kier molecular flexibility index (Phi) is 6.92. The number of carboxylic acid groups (broad SMARTS) is 1. The van der Waals surface area contributed by atoms with Crippen LogP contribution in [0.4, 0.5) is 5.69 Å². The molecule has 0 aliphatic rings. The molecule has 0 atom stereocenters. The van der Waals surface area contributed by atoms with E-state index in [1.807, 2.05) is 12.1 Å². The molecule has 0 amide bonds. The van der Waals surface area contributed by atoms with Crippen molar-refractivity contribution in [3.63, 3.8) is 0 Å². The van der Waals surface area contributed by atoms with Crippen LogP contribution in [0.25, 0.3) is 0 Å². The second kappa shape index (κ2) is 8.56. The van der Waals surface area contributed by atoms with Crippen LogP contribution in [0.15, 0.2) is 24.3 Å². The van der Waals surface area contributed by atoms with E-state index in [2.05, 4.69) is 24.4 Å². The van der Waals surface area contributed by atoms with Gasteiger partial charge in [0.1, 0.15) is 0 Å². The summed E-state index contributed by atoms with van der Waals surface area (Å²) in [6.45, 7) is 2.70. The standard InChI is InChI=1S/C15H23NO2/c1-2-3-4-5-6-13-7-9-14(10-8-13)16-12-11-15(17)18/h7-10,16H,2-6,11-12H2,1H3,(H,17,18). The predicted octanol–water partition coefficient (Wildman–Crippen LogP) is 3.70. The van der Waals surface area contributed by atoms with Crippen LogP contribution in [0.5, 0.6) is 0 Å². The summed E-state index contributed by atoms with van der Waals surface area (Å²) in [5, 5.41) is 11.6. The first-order valence-electron chi connectivity index (χ1n) is 6.77. The van der Waals surface area contributed by atoms with Crippen LogP contribution >= 0.6 is 0 Å². The number of hydrogen-bond acceptors (Lipinski definition) is 2. The van der Waals surface area contributed by atoms with Crippen LogP contribution in [-0.2, 0) is 11.2 Å². The number of carboxylic acids is 1. The van der Waals surface area contributed by atoms with Crippen molar-refractivity contribution in [2.75, 3.05) is 11.9 Å². The highest BCUT2D eigenvalue weighted by Gasteiger charge is 1.97. The molecule has 0 heterocycles. The van der Waals surface area contributed by atoms with Gasteiger partial charge in [-0.3, -0.25) is 4.79 Å². The monoisotopic (exact) mass is 249 g/mol. The van der Waals surface area contributed by atoms with Gasteiger partial charge in [0, 0.05) is 12.2 Å². The van der Waals surface area contributed by atoms with E-state index in [0.717, 1.165) is 12.1 Å². The van der Waals surface area contributed by atoms with Gasteiger partial charge in [0.25, 0.3) is 0 Å². The van der Waals surface area contributed by atoms with E-state index < -0.39 is 5.97 Å². The Morgan fingerprint density at radius 1 is 1.17 bits per heavy atom. The van der Waals surface area contributed by atoms with E-state index in [1.54, 1.807) is 0 Å². The molecule has 1 aromatic carbocycles. The molecule has 1 aromatic rings. The molecule has 0 aliphatic heterocycles. The van der Waals surface area contributed by atoms with Gasteiger partial charge in [-0.2, -0.15) is 0 Å². The number of rotatable bonds is 9. The van der Waals surface area contributed by atoms with Gasteiger partial charge in [-0.1, -0.05) is 38.3 Å². The van der Waals surface area contributed by atoms with Crippen molar-refractivity contribution in [3.8, 4) is 0 Å². The van der Waals surface area contributed by atoms with E-state index in [0.29, 0.717) is 6.54 Å². The molecule has 2 N–H and O–H groups in total. The summed E-state index contributed by atoms with van der Waals surface area (Å²) in [4.78, 5) is 10.4. The topological polar surface area (TPSA) is 49.3 Å². The lowest BCUT2D eigenvalue weighted by atomic mass is 10.1. The lowest BCUT2D eigenvalue weighted by Crippen LogP contribution is -2.07. The Bertz CT molecular complexity index is 346. The number of nitrogens with one attached hydrogen (secondary N) is 1. The minimum absolute atomic E-state index is 0.152. The number of unbranched alkanes of at least 4 members (excludes halogenated alkanes) is 3. The van der Waals surface area contributed by atoms with E-state index in [4.69, 9.17) is 5.11 Å². The maximum absolute atomic E-state index is 10.4. The van der Waals surface area contributed by atoms with E-state index in [-0.39, 0.29) is 6.42 Å². The quantitative estimate of drug-likeness (QED) is 0.656. The smallest absolute Gasteiger partial charge is 0.305 e. The zero-order valence-corrected chi connectivity index (χ0v) is 11.1. The van der Waals surface area contributed by atoms with Gasteiger partial charge in [0.2, 0.25) is 0 Å². The fourth-order valence-corrected chi connectivity index (χ4v) is 1.86. The molecule has 1 rings (SSSR count). The van der Waals surface area contributed by atoms with Crippen molar-refractivity contribution >= 4 is 11.7 Å². The van der Waals surface area contributed by atoms with Crippen LogP contribution in [0.1, 0.15) is 44.6 Å². The fourth-order valence-electron chi connectivity index (χ4n) is 1.86. The molecule has 18 heavy (non-hydrogen) atoms. The van der Waals surface area contributed by atoms with E-state index in [9.17, 15) is 4.79 Å². The normalized spacial score (nSPS) is 10.3. The van der Waals surface area contributed by atoms with Crippen molar-refractivity contribution in [1.29, 1.82) is 0 Å². The first-order chi connectivity index (χ1) is 8.72. The fraction of sp³-hybridized carbons (Fsp3) is 0.533. The summed E-state index contributed by atoms with van der Waals surface area (Å²) >= 11 is 0. The SMILES string of the molecule is CCCCCCc1ccc(NCCC(=O)O)cc1. The maximum atomic E-state index is 10.4. The van der Waals surface area contributed by atoms with Crippen LogP contribution in [0.3, 0.4) is 0 Å². The van der Waals surface area contributed by atoms with Gasteiger partial charge in [0.15, 0.2) is 0 Å². The van der Waals surface area contributed by atoms with E-state index >= 15 is 0 Å². The van der Waals surface area contributed by atoms with Crippen molar-refractivity contribution in [1.82, 2.24) is 0 Å². The summed E-state index contributed by atoms with van der Waals surface area (Å²) in [5.41, 5.74) is 2.35. The molecule has 0 unspecified atom stereocenters. The highest BCUT2D eigenvalue weighted by Crippen LogP contribution is 2.12. The maximum Gasteiger partial charge on any atom is 0.305 e. The average Bonchev–Trinajstić information content (AvgIpc) is 2.36. The van der Waals surface area contributed by atoms with Crippen molar-refractivity contribution in [2.45, 2.75) is 45.4 Å². The van der Waals surface area contributed by atoms with Crippen LogP contribution in [0, 0.1) is 0 Å². The molecule has 0 radical (unpaired) electrons. The van der Waals surface area contributed by atoms with Gasteiger partial charge >= 0.3 is 5.97 Å². The van der Waals surface area contributed by atoms with Crippen LogP contribution in [0.2, 0.25) is 0 Å². The minimum Gasteiger partial charge on any atom is -0.481 e. The van der Waals surface area contributed by atoms with Gasteiger partial charge in [0.05, 0.1) is 6.42 Å². The second-order valence-corrected chi connectivity index (χ2v) is 4.58. The van der Waals surface area contributed by atoms with Crippen LogP contribution in [-0.4, -0.2) is 17.6 Å². The molecule has 0 saturated heterocycles. The number of aliphatic carboxylic acids is 1.